The Balaban J connectivity index is 1.32. The molecule has 0 spiro atoms. The first-order chi connectivity index (χ1) is 22.9. The molecule has 5 rings (SSSR count). The zero-order chi connectivity index (χ0) is 33.0. The summed E-state index contributed by atoms with van der Waals surface area (Å²) < 4.78 is 5.32. The number of ether oxygens (including phenoxy) is 1. The summed E-state index contributed by atoms with van der Waals surface area (Å²) in [6, 6.07) is 42.5. The number of amides is 3. The van der Waals surface area contributed by atoms with E-state index in [1.807, 2.05) is 97.9 Å². The highest BCUT2D eigenvalue weighted by atomic mass is 32.2. The Morgan fingerprint density at radius 3 is 1.94 bits per heavy atom. The molecule has 1 atom stereocenters. The monoisotopic (exact) mass is 641 g/mol. The predicted octanol–water partition coefficient (Wildman–Crippen LogP) is 8.34. The van der Waals surface area contributed by atoms with E-state index in [1.165, 1.54) is 11.8 Å². The molecule has 0 saturated carbocycles. The summed E-state index contributed by atoms with van der Waals surface area (Å²) in [5.74, 6) is -0.285. The van der Waals surface area contributed by atoms with Gasteiger partial charge in [-0.25, -0.2) is 0 Å². The molecule has 0 aliphatic heterocycles. The minimum Gasteiger partial charge on any atom is -0.497 e. The van der Waals surface area contributed by atoms with Crippen LogP contribution >= 0.6 is 11.8 Å². The van der Waals surface area contributed by atoms with Crippen LogP contribution in [0.3, 0.4) is 0 Å². The summed E-state index contributed by atoms with van der Waals surface area (Å²) in [7, 11) is 1.57. The van der Waals surface area contributed by atoms with E-state index >= 15 is 0 Å². The number of nitrogens with zero attached hydrogens (tertiary/aromatic N) is 1. The van der Waals surface area contributed by atoms with Gasteiger partial charge in [0.2, 0.25) is 5.91 Å². The minimum absolute atomic E-state index is 0.0197. The highest BCUT2D eigenvalue weighted by Gasteiger charge is 2.26. The third-order valence-corrected chi connectivity index (χ3v) is 8.58. The molecule has 3 amide bonds. The second-order valence-corrected chi connectivity index (χ2v) is 11.8. The van der Waals surface area contributed by atoms with Crippen molar-refractivity contribution in [1.82, 2.24) is 5.32 Å². The van der Waals surface area contributed by atoms with Crippen LogP contribution in [0.25, 0.3) is 6.08 Å². The van der Waals surface area contributed by atoms with Gasteiger partial charge in [-0.1, -0.05) is 73.7 Å². The summed E-state index contributed by atoms with van der Waals surface area (Å²) >= 11 is 1.48. The summed E-state index contributed by atoms with van der Waals surface area (Å²) in [4.78, 5) is 43.1. The van der Waals surface area contributed by atoms with Gasteiger partial charge in [0, 0.05) is 27.5 Å². The lowest BCUT2D eigenvalue weighted by atomic mass is 10.1. The lowest BCUT2D eigenvalue weighted by Crippen LogP contribution is -2.34. The van der Waals surface area contributed by atoms with Gasteiger partial charge >= 0.3 is 0 Å². The number of hydrogen-bond donors (Lipinski definition) is 2. The Labute approximate surface area is 279 Å². The first kappa shape index (κ1) is 32.8. The Morgan fingerprint density at radius 2 is 1.36 bits per heavy atom. The van der Waals surface area contributed by atoms with Gasteiger partial charge in [0.05, 0.1) is 12.4 Å². The largest absolute Gasteiger partial charge is 0.497 e. The first-order valence-electron chi connectivity index (χ1n) is 15.2. The molecule has 1 unspecified atom stereocenters. The smallest absolute Gasteiger partial charge is 0.272 e. The molecule has 5 aromatic carbocycles. The normalized spacial score (nSPS) is 11.7. The Morgan fingerprint density at radius 1 is 0.766 bits per heavy atom. The van der Waals surface area contributed by atoms with Crippen LogP contribution in [0.1, 0.15) is 29.3 Å². The fraction of sp³-hybridized carbons (Fsp3) is 0.103. The molecule has 0 bridgehead atoms. The molecule has 8 heteroatoms. The highest BCUT2D eigenvalue weighted by molar-refractivity contribution is 8.00. The molecular formula is C39H35N3O4S. The summed E-state index contributed by atoms with van der Waals surface area (Å²) in [6.07, 6.45) is 2.23. The number of rotatable bonds is 12. The number of carbonyl (C=O) groups is 3. The Bertz CT molecular complexity index is 1790. The fourth-order valence-corrected chi connectivity index (χ4v) is 5.82. The van der Waals surface area contributed by atoms with Crippen LogP contribution in [0.4, 0.5) is 17.1 Å². The van der Waals surface area contributed by atoms with E-state index in [1.54, 1.807) is 66.6 Å². The Kier molecular flexibility index (Phi) is 11.2. The topological polar surface area (TPSA) is 87.7 Å². The van der Waals surface area contributed by atoms with Crippen LogP contribution in [0.15, 0.2) is 150 Å². The van der Waals surface area contributed by atoms with Crippen LogP contribution < -0.4 is 20.3 Å². The summed E-state index contributed by atoms with van der Waals surface area (Å²) in [5.41, 5.74) is 3.33. The van der Waals surface area contributed by atoms with Crippen molar-refractivity contribution in [3.63, 3.8) is 0 Å². The maximum atomic E-state index is 13.9. The molecule has 0 fully saturated rings. The number of anilines is 3. The van der Waals surface area contributed by atoms with E-state index in [0.717, 1.165) is 16.3 Å². The van der Waals surface area contributed by atoms with E-state index in [2.05, 4.69) is 10.6 Å². The average Bonchev–Trinajstić information content (AvgIpc) is 3.12. The SMILES string of the molecule is CCC(Sc1ccc(NC(=O)/C(=C/c2cccc(OC)c2)NC(=O)c2ccccc2)cc1)C(=O)N(c1ccccc1)c1ccccc1. The van der Waals surface area contributed by atoms with Crippen molar-refractivity contribution in [2.45, 2.75) is 23.5 Å². The van der Waals surface area contributed by atoms with Gasteiger partial charge in [-0.15, -0.1) is 11.8 Å². The van der Waals surface area contributed by atoms with Gasteiger partial charge in [0.15, 0.2) is 0 Å². The average molecular weight is 642 g/mol. The van der Waals surface area contributed by atoms with Gasteiger partial charge in [0.1, 0.15) is 11.4 Å². The van der Waals surface area contributed by atoms with Gasteiger partial charge < -0.3 is 15.4 Å². The van der Waals surface area contributed by atoms with Gasteiger partial charge in [-0.05, 0) is 90.9 Å². The lowest BCUT2D eigenvalue weighted by molar-refractivity contribution is -0.117. The van der Waals surface area contributed by atoms with E-state index < -0.39 is 11.8 Å². The quantitative estimate of drug-likeness (QED) is 0.106. The zero-order valence-electron chi connectivity index (χ0n) is 26.1. The van der Waals surface area contributed by atoms with Gasteiger partial charge in [-0.2, -0.15) is 0 Å². The molecular weight excluding hydrogens is 607 g/mol. The zero-order valence-corrected chi connectivity index (χ0v) is 26.9. The molecule has 7 nitrogen and oxygen atoms in total. The molecule has 5 aromatic rings. The molecule has 0 saturated heterocycles. The van der Waals surface area contributed by atoms with Crippen molar-refractivity contribution in [2.75, 3.05) is 17.3 Å². The van der Waals surface area contributed by atoms with Crippen LogP contribution in [-0.4, -0.2) is 30.1 Å². The van der Waals surface area contributed by atoms with Crippen LogP contribution in [0.2, 0.25) is 0 Å². The van der Waals surface area contributed by atoms with Crippen molar-refractivity contribution in [1.29, 1.82) is 0 Å². The number of thioether (sulfide) groups is 1. The third kappa shape index (κ3) is 8.77. The molecule has 47 heavy (non-hydrogen) atoms. The molecule has 2 N–H and O–H groups in total. The number of nitrogens with one attached hydrogen (secondary N) is 2. The number of para-hydroxylation sites is 2. The third-order valence-electron chi connectivity index (χ3n) is 7.22. The van der Waals surface area contributed by atoms with Crippen molar-refractivity contribution in [3.8, 4) is 5.75 Å². The van der Waals surface area contributed by atoms with Crippen molar-refractivity contribution < 1.29 is 19.1 Å². The van der Waals surface area contributed by atoms with E-state index in [0.29, 0.717) is 29.0 Å². The number of carbonyl (C=O) groups excluding carboxylic acids is 3. The van der Waals surface area contributed by atoms with Crippen molar-refractivity contribution >= 4 is 52.6 Å². The highest BCUT2D eigenvalue weighted by Crippen LogP contribution is 2.33. The van der Waals surface area contributed by atoms with Crippen LogP contribution in [0, 0.1) is 0 Å². The van der Waals surface area contributed by atoms with Crippen molar-refractivity contribution in [3.05, 3.63) is 156 Å². The number of benzene rings is 5. The van der Waals surface area contributed by atoms with Crippen LogP contribution in [-0.2, 0) is 9.59 Å². The first-order valence-corrected chi connectivity index (χ1v) is 16.1. The standard InChI is InChI=1S/C39H35N3O4S/c1-3-36(39(45)42(31-17-9-5-10-18-31)32-19-11-6-12-20-32)47-34-24-22-30(23-25-34)40-38(44)35(27-28-14-13-21-33(26-28)46-2)41-37(43)29-15-7-4-8-16-29/h4-27,36H,3H2,1-2H3,(H,40,44)(H,41,43)/b35-27-. The van der Waals surface area contributed by atoms with Crippen molar-refractivity contribution in [2.24, 2.45) is 0 Å². The molecule has 0 radical (unpaired) electrons. The molecule has 0 aromatic heterocycles. The molecule has 0 heterocycles. The number of hydrogen-bond acceptors (Lipinski definition) is 5. The van der Waals surface area contributed by atoms with E-state index in [-0.39, 0.29) is 16.9 Å². The van der Waals surface area contributed by atoms with Crippen LogP contribution in [0.5, 0.6) is 5.75 Å². The predicted molar refractivity (Wildman–Crippen MR) is 190 cm³/mol. The Hall–Kier alpha value is -5.60. The molecule has 0 aliphatic rings. The summed E-state index contributed by atoms with van der Waals surface area (Å²) in [6.45, 7) is 2.00. The molecule has 236 valence electrons. The van der Waals surface area contributed by atoms with E-state index in [9.17, 15) is 14.4 Å². The van der Waals surface area contributed by atoms with Gasteiger partial charge in [0.25, 0.3) is 11.8 Å². The molecule has 0 aliphatic carbocycles. The fourth-order valence-electron chi connectivity index (χ4n) is 4.83. The van der Waals surface area contributed by atoms with E-state index in [4.69, 9.17) is 4.74 Å². The minimum atomic E-state index is -0.486. The lowest BCUT2D eigenvalue weighted by Gasteiger charge is -2.27. The maximum absolute atomic E-state index is 13.9. The maximum Gasteiger partial charge on any atom is 0.272 e. The summed E-state index contributed by atoms with van der Waals surface area (Å²) in [5, 5.41) is 5.30. The second-order valence-electron chi connectivity index (χ2n) is 10.5. The number of methoxy groups -OCH3 is 1. The second kappa shape index (κ2) is 16.1. The van der Waals surface area contributed by atoms with Gasteiger partial charge in [-0.3, -0.25) is 19.3 Å².